The summed E-state index contributed by atoms with van der Waals surface area (Å²) in [4.78, 5) is 81.2. The van der Waals surface area contributed by atoms with Crippen molar-refractivity contribution in [1.82, 2.24) is 25.8 Å². The van der Waals surface area contributed by atoms with Gasteiger partial charge in [-0.1, -0.05) is 57.0 Å². The Labute approximate surface area is 258 Å². The predicted octanol–water partition coefficient (Wildman–Crippen LogP) is 1.79. The quantitative estimate of drug-likeness (QED) is 0.323. The van der Waals surface area contributed by atoms with E-state index in [0.717, 1.165) is 12.8 Å². The summed E-state index contributed by atoms with van der Waals surface area (Å²) in [5.41, 5.74) is -0.314. The molecule has 12 nitrogen and oxygen atoms in total. The van der Waals surface area contributed by atoms with Gasteiger partial charge in [0.2, 0.25) is 23.5 Å². The number of nitrogens with one attached hydrogen (secondary N) is 3. The van der Waals surface area contributed by atoms with Gasteiger partial charge in [0, 0.05) is 20.6 Å². The third kappa shape index (κ3) is 7.57. The molecule has 2 aliphatic carbocycles. The number of ketones is 1. The lowest BCUT2D eigenvalue weighted by Crippen LogP contribution is -2.56. The fourth-order valence-electron chi connectivity index (χ4n) is 6.08. The number of fused-ring (bicyclic) bond motifs is 1. The predicted molar refractivity (Wildman–Crippen MR) is 161 cm³/mol. The highest BCUT2D eigenvalue weighted by Gasteiger charge is 2.70. The van der Waals surface area contributed by atoms with Crippen LogP contribution in [-0.2, 0) is 28.7 Å². The first-order chi connectivity index (χ1) is 20.5. The molecule has 240 valence electrons. The van der Waals surface area contributed by atoms with Crippen molar-refractivity contribution < 1.29 is 33.5 Å². The SMILES string of the molecule is CN(C)C(=O)[C@@H](NC(=O)CNC(=O)C(=O)C(CC1CC1)NC(=O)[C@@H]1[C@@H]2[C@H](CN1C(=O)OC(C)(C)C)C2(C)C)c1ccccc1. The van der Waals surface area contributed by atoms with Crippen molar-refractivity contribution in [3.05, 3.63) is 35.9 Å². The van der Waals surface area contributed by atoms with Crippen LogP contribution >= 0.6 is 0 Å². The molecule has 44 heavy (non-hydrogen) atoms. The summed E-state index contributed by atoms with van der Waals surface area (Å²) in [6.07, 6.45) is 1.47. The molecule has 5 atom stereocenters. The van der Waals surface area contributed by atoms with Crippen molar-refractivity contribution in [3.63, 3.8) is 0 Å². The fourth-order valence-corrected chi connectivity index (χ4v) is 6.08. The van der Waals surface area contributed by atoms with Gasteiger partial charge in [-0.2, -0.15) is 0 Å². The van der Waals surface area contributed by atoms with Gasteiger partial charge in [0.15, 0.2) is 0 Å². The molecular formula is C32H45N5O7. The minimum absolute atomic E-state index is 0.0911. The number of nitrogens with zero attached hydrogens (tertiary/aromatic N) is 2. The molecule has 0 radical (unpaired) electrons. The molecule has 4 rings (SSSR count). The van der Waals surface area contributed by atoms with Crippen LogP contribution in [-0.4, -0.2) is 90.2 Å². The zero-order chi connectivity index (χ0) is 32.6. The first kappa shape index (κ1) is 32.9. The van der Waals surface area contributed by atoms with E-state index < -0.39 is 59.9 Å². The molecule has 5 amide bonds. The Balaban J connectivity index is 1.40. The van der Waals surface area contributed by atoms with E-state index in [2.05, 4.69) is 29.8 Å². The highest BCUT2D eigenvalue weighted by atomic mass is 16.6. The fraction of sp³-hybridized carbons (Fsp3) is 0.625. The van der Waals surface area contributed by atoms with Crippen molar-refractivity contribution in [2.75, 3.05) is 27.2 Å². The number of amides is 5. The van der Waals surface area contributed by atoms with Crippen molar-refractivity contribution in [1.29, 1.82) is 0 Å². The number of piperidine rings is 1. The van der Waals surface area contributed by atoms with Gasteiger partial charge in [-0.25, -0.2) is 4.79 Å². The Morgan fingerprint density at radius 2 is 1.66 bits per heavy atom. The van der Waals surface area contributed by atoms with Crippen LogP contribution in [0.4, 0.5) is 4.79 Å². The lowest BCUT2D eigenvalue weighted by Gasteiger charge is -2.32. The van der Waals surface area contributed by atoms with Gasteiger partial charge in [-0.05, 0) is 55.9 Å². The third-order valence-electron chi connectivity index (χ3n) is 8.76. The molecule has 1 aliphatic heterocycles. The molecule has 3 N–H and O–H groups in total. The Morgan fingerprint density at radius 3 is 2.23 bits per heavy atom. The maximum absolute atomic E-state index is 13.7. The van der Waals surface area contributed by atoms with Crippen LogP contribution in [0, 0.1) is 23.2 Å². The van der Waals surface area contributed by atoms with Crippen LogP contribution in [0.2, 0.25) is 0 Å². The number of hydrogen-bond donors (Lipinski definition) is 3. The topological polar surface area (TPSA) is 154 Å². The van der Waals surface area contributed by atoms with E-state index in [0.29, 0.717) is 12.1 Å². The van der Waals surface area contributed by atoms with Gasteiger partial charge < -0.3 is 25.6 Å². The lowest BCUT2D eigenvalue weighted by atomic mass is 9.99. The van der Waals surface area contributed by atoms with E-state index >= 15 is 0 Å². The van der Waals surface area contributed by atoms with E-state index in [1.807, 2.05) is 0 Å². The summed E-state index contributed by atoms with van der Waals surface area (Å²) >= 11 is 0. The molecule has 12 heteroatoms. The van der Waals surface area contributed by atoms with Gasteiger partial charge in [0.25, 0.3) is 5.91 Å². The molecule has 1 unspecified atom stereocenters. The number of likely N-dealkylation sites (tertiary alicyclic amines) is 1. The van der Waals surface area contributed by atoms with Crippen LogP contribution in [0.1, 0.15) is 65.5 Å². The molecule has 3 fully saturated rings. The minimum atomic E-state index is -1.10. The van der Waals surface area contributed by atoms with E-state index in [-0.39, 0.29) is 35.5 Å². The molecule has 1 saturated heterocycles. The summed E-state index contributed by atoms with van der Waals surface area (Å²) in [6.45, 7) is 9.21. The third-order valence-corrected chi connectivity index (χ3v) is 8.76. The zero-order valence-corrected chi connectivity index (χ0v) is 26.6. The van der Waals surface area contributed by atoms with E-state index in [9.17, 15) is 28.8 Å². The highest BCUT2D eigenvalue weighted by Crippen LogP contribution is 2.65. The summed E-state index contributed by atoms with van der Waals surface area (Å²) in [7, 11) is 3.14. The molecular weight excluding hydrogens is 566 g/mol. The number of hydrogen-bond acceptors (Lipinski definition) is 7. The van der Waals surface area contributed by atoms with Gasteiger partial charge in [0.1, 0.15) is 17.7 Å². The van der Waals surface area contributed by atoms with E-state index in [4.69, 9.17) is 4.74 Å². The summed E-state index contributed by atoms with van der Waals surface area (Å²) < 4.78 is 5.56. The molecule has 1 aromatic rings. The van der Waals surface area contributed by atoms with Crippen molar-refractivity contribution in [2.45, 2.75) is 77.6 Å². The Bertz CT molecular complexity index is 1300. The number of carbonyl (C=O) groups excluding carboxylic acids is 6. The number of likely N-dealkylation sites (N-methyl/N-ethyl adjacent to an activating group) is 1. The van der Waals surface area contributed by atoms with Crippen LogP contribution < -0.4 is 16.0 Å². The Hall–Kier alpha value is -3.96. The summed E-state index contributed by atoms with van der Waals surface area (Å²) in [6, 6.07) is 5.80. The monoisotopic (exact) mass is 611 g/mol. The number of rotatable bonds is 11. The number of benzene rings is 1. The standard InChI is InChI=1S/C32H45N5O7/c1-31(2,3)44-30(43)37-17-20-23(32(20,4)5)25(37)27(40)34-21(15-18-13-14-18)26(39)28(41)33-16-22(38)35-24(29(42)36(6)7)19-11-9-8-10-12-19/h8-12,18,20-21,23-25H,13-17H2,1-7H3,(H,33,41)(H,34,40)(H,35,38)/t20-,21?,23-,24-,25-/m0/s1. The molecule has 0 bridgehead atoms. The summed E-state index contributed by atoms with van der Waals surface area (Å²) in [5.74, 6) is -3.15. The second-order valence-corrected chi connectivity index (χ2v) is 14.0. The second kappa shape index (κ2) is 12.6. The van der Waals surface area contributed by atoms with Gasteiger partial charge in [0.05, 0.1) is 12.6 Å². The molecule has 2 saturated carbocycles. The molecule has 0 spiro atoms. The lowest BCUT2D eigenvalue weighted by molar-refractivity contribution is -0.141. The van der Waals surface area contributed by atoms with Crippen molar-refractivity contribution in [3.8, 4) is 0 Å². The highest BCUT2D eigenvalue weighted by molar-refractivity contribution is 6.38. The number of Topliss-reactive ketones (excluding diaryl/α,β-unsaturated/α-hetero) is 1. The van der Waals surface area contributed by atoms with Crippen LogP contribution in [0.15, 0.2) is 30.3 Å². The molecule has 1 heterocycles. The molecule has 0 aromatic heterocycles. The van der Waals surface area contributed by atoms with Gasteiger partial charge >= 0.3 is 6.09 Å². The van der Waals surface area contributed by atoms with Crippen LogP contribution in [0.5, 0.6) is 0 Å². The van der Waals surface area contributed by atoms with Crippen LogP contribution in [0.3, 0.4) is 0 Å². The van der Waals surface area contributed by atoms with E-state index in [1.54, 1.807) is 65.2 Å². The Kier molecular flexibility index (Phi) is 9.41. The zero-order valence-electron chi connectivity index (χ0n) is 26.6. The maximum atomic E-state index is 13.7. The first-order valence-corrected chi connectivity index (χ1v) is 15.2. The average molecular weight is 612 g/mol. The van der Waals surface area contributed by atoms with Crippen molar-refractivity contribution in [2.24, 2.45) is 23.2 Å². The summed E-state index contributed by atoms with van der Waals surface area (Å²) in [5, 5.41) is 7.74. The van der Waals surface area contributed by atoms with Gasteiger partial charge in [-0.3, -0.25) is 28.9 Å². The van der Waals surface area contributed by atoms with Crippen molar-refractivity contribution >= 4 is 35.5 Å². The Morgan fingerprint density at radius 1 is 1.02 bits per heavy atom. The number of ether oxygens (including phenoxy) is 1. The molecule has 1 aromatic carbocycles. The smallest absolute Gasteiger partial charge is 0.410 e. The van der Waals surface area contributed by atoms with Crippen LogP contribution in [0.25, 0.3) is 0 Å². The van der Waals surface area contributed by atoms with Gasteiger partial charge in [-0.15, -0.1) is 0 Å². The second-order valence-electron chi connectivity index (χ2n) is 14.0. The van der Waals surface area contributed by atoms with E-state index in [1.165, 1.54) is 9.80 Å². The molecule has 3 aliphatic rings. The maximum Gasteiger partial charge on any atom is 0.410 e. The minimum Gasteiger partial charge on any atom is -0.444 e. The average Bonchev–Trinajstić information content (AvgIpc) is 3.80. The first-order valence-electron chi connectivity index (χ1n) is 15.2. The largest absolute Gasteiger partial charge is 0.444 e. The normalized spacial score (nSPS) is 23.0. The number of carbonyl (C=O) groups is 6.